The van der Waals surface area contributed by atoms with E-state index in [9.17, 15) is 0 Å². The highest BCUT2D eigenvalue weighted by molar-refractivity contribution is 6.66. The van der Waals surface area contributed by atoms with Crippen LogP contribution in [0.15, 0.2) is 67.0 Å². The summed E-state index contributed by atoms with van der Waals surface area (Å²) in [5.41, 5.74) is 0.444. The Balaban J connectivity index is 0.000000268. The van der Waals surface area contributed by atoms with Crippen LogP contribution >= 0.6 is 46.4 Å². The second kappa shape index (κ2) is 8.46. The monoisotopic (exact) mass is 388 g/mol. The summed E-state index contributed by atoms with van der Waals surface area (Å²) in [5, 5.41) is 0.593. The van der Waals surface area contributed by atoms with Crippen molar-refractivity contribution in [1.82, 2.24) is 9.97 Å². The molecule has 0 saturated carbocycles. The Morgan fingerprint density at radius 2 is 1.65 bits per heavy atom. The van der Waals surface area contributed by atoms with Gasteiger partial charge in [-0.25, -0.2) is 0 Å². The first-order valence-corrected chi connectivity index (χ1v) is 8.01. The molecule has 0 aliphatic carbocycles. The van der Waals surface area contributed by atoms with E-state index in [0.29, 0.717) is 22.3 Å². The van der Waals surface area contributed by atoms with Crippen LogP contribution in [0.25, 0.3) is 0 Å². The number of ether oxygens (including phenoxy) is 1. The van der Waals surface area contributed by atoms with Crippen LogP contribution < -0.4 is 4.74 Å². The van der Waals surface area contributed by atoms with Crippen LogP contribution in [0.3, 0.4) is 0 Å². The molecule has 3 rings (SSSR count). The molecule has 0 bridgehead atoms. The summed E-state index contributed by atoms with van der Waals surface area (Å²) in [7, 11) is 0. The average molecular weight is 390 g/mol. The molecule has 0 aliphatic rings. The highest BCUT2D eigenvalue weighted by atomic mass is 35.6. The van der Waals surface area contributed by atoms with Gasteiger partial charge in [-0.2, -0.15) is 0 Å². The van der Waals surface area contributed by atoms with Crippen molar-refractivity contribution in [3.05, 3.63) is 77.7 Å². The summed E-state index contributed by atoms with van der Waals surface area (Å²) in [6, 6.07) is 16.1. The van der Waals surface area contributed by atoms with Crippen molar-refractivity contribution in [2.45, 2.75) is 3.79 Å². The maximum atomic E-state index is 5.84. The number of nitrogens with one attached hydrogen (secondary N) is 1. The molecule has 0 radical (unpaired) electrons. The Morgan fingerprint density at radius 1 is 0.913 bits per heavy atom. The highest BCUT2D eigenvalue weighted by Crippen LogP contribution is 2.38. The molecule has 0 atom stereocenters. The lowest BCUT2D eigenvalue weighted by Gasteiger charge is -2.08. The van der Waals surface area contributed by atoms with Crippen molar-refractivity contribution in [3.63, 3.8) is 0 Å². The molecule has 0 saturated heterocycles. The summed E-state index contributed by atoms with van der Waals surface area (Å²) in [4.78, 5) is 6.64. The minimum Gasteiger partial charge on any atom is -0.441 e. The van der Waals surface area contributed by atoms with E-state index in [1.165, 1.54) is 0 Å². The van der Waals surface area contributed by atoms with E-state index >= 15 is 0 Å². The van der Waals surface area contributed by atoms with Crippen LogP contribution in [0.4, 0.5) is 0 Å². The molecule has 7 heteroatoms. The molecule has 120 valence electrons. The second-order valence-corrected chi connectivity index (χ2v) is 7.04. The summed E-state index contributed by atoms with van der Waals surface area (Å²) < 4.78 is 4.03. The maximum Gasteiger partial charge on any atom is 0.230 e. The summed E-state index contributed by atoms with van der Waals surface area (Å²) in [6.45, 7) is 0. The normalized spacial score (nSPS) is 10.6. The number of benzene rings is 1. The number of halogens is 4. The topological polar surface area (TPSA) is 37.9 Å². The van der Waals surface area contributed by atoms with Crippen molar-refractivity contribution < 1.29 is 4.74 Å². The van der Waals surface area contributed by atoms with Crippen LogP contribution in [0.5, 0.6) is 11.6 Å². The Morgan fingerprint density at radius 3 is 2.13 bits per heavy atom. The largest absolute Gasteiger partial charge is 0.441 e. The molecule has 0 amide bonds. The number of aromatic nitrogens is 2. The van der Waals surface area contributed by atoms with E-state index in [2.05, 4.69) is 9.97 Å². The molecule has 1 N–H and O–H groups in total. The molecule has 0 spiro atoms. The van der Waals surface area contributed by atoms with Crippen molar-refractivity contribution >= 4 is 46.4 Å². The van der Waals surface area contributed by atoms with Crippen molar-refractivity contribution in [3.8, 4) is 11.6 Å². The van der Waals surface area contributed by atoms with Gasteiger partial charge in [0.25, 0.3) is 0 Å². The van der Waals surface area contributed by atoms with Crippen molar-refractivity contribution in [2.75, 3.05) is 0 Å². The number of nitrogens with zero attached hydrogens (tertiary/aromatic N) is 1. The fourth-order valence-corrected chi connectivity index (χ4v) is 2.08. The molecule has 0 unspecified atom stereocenters. The van der Waals surface area contributed by atoms with Crippen LogP contribution in [0.2, 0.25) is 5.02 Å². The highest BCUT2D eigenvalue weighted by Gasteiger charge is 2.24. The summed E-state index contributed by atoms with van der Waals surface area (Å²) in [6.07, 6.45) is 3.50. The molecule has 2 heterocycles. The molecule has 3 nitrogen and oxygen atoms in total. The smallest absolute Gasteiger partial charge is 0.230 e. The standard InChI is InChI=1S/C11H7Cl4NO.C5H5N/c12-7-2-1-3-8(6-7)17-10-5-4-9(16-10)11(13,14)15;1-2-4-6-5-3-1/h1-6,16H;1-5H. The van der Waals surface area contributed by atoms with E-state index in [-0.39, 0.29) is 0 Å². The summed E-state index contributed by atoms with van der Waals surface area (Å²) >= 11 is 23.0. The molecule has 0 aliphatic heterocycles. The molecule has 2 aromatic heterocycles. The van der Waals surface area contributed by atoms with Crippen LogP contribution in [0.1, 0.15) is 5.69 Å². The Labute approximate surface area is 154 Å². The van der Waals surface area contributed by atoms with Crippen LogP contribution in [0, 0.1) is 0 Å². The fourth-order valence-electron chi connectivity index (χ4n) is 1.57. The van der Waals surface area contributed by atoms with Gasteiger partial charge in [-0.3, -0.25) is 4.98 Å². The third-order valence-electron chi connectivity index (χ3n) is 2.56. The van der Waals surface area contributed by atoms with E-state index in [1.807, 2.05) is 18.2 Å². The zero-order valence-electron chi connectivity index (χ0n) is 11.7. The molecule has 1 aromatic carbocycles. The molecular formula is C16H12Cl4N2O. The quantitative estimate of drug-likeness (QED) is 0.517. The van der Waals surface area contributed by atoms with E-state index < -0.39 is 3.79 Å². The van der Waals surface area contributed by atoms with Gasteiger partial charge in [0.2, 0.25) is 3.79 Å². The Kier molecular flexibility index (Phi) is 6.60. The molecule has 23 heavy (non-hydrogen) atoms. The first-order valence-electron chi connectivity index (χ1n) is 6.50. The van der Waals surface area contributed by atoms with Gasteiger partial charge in [0, 0.05) is 23.5 Å². The lowest BCUT2D eigenvalue weighted by molar-refractivity contribution is 0.465. The number of alkyl halides is 3. The van der Waals surface area contributed by atoms with Gasteiger partial charge in [-0.15, -0.1) is 0 Å². The van der Waals surface area contributed by atoms with Crippen LogP contribution in [-0.2, 0) is 3.79 Å². The van der Waals surface area contributed by atoms with E-state index in [0.717, 1.165) is 0 Å². The minimum absolute atomic E-state index is 0.444. The number of H-pyrrole nitrogens is 1. The maximum absolute atomic E-state index is 5.84. The third kappa shape index (κ3) is 6.32. The van der Waals surface area contributed by atoms with Crippen LogP contribution in [-0.4, -0.2) is 9.97 Å². The van der Waals surface area contributed by atoms with Crippen molar-refractivity contribution in [2.24, 2.45) is 0 Å². The van der Waals surface area contributed by atoms with Gasteiger partial charge < -0.3 is 9.72 Å². The average Bonchev–Trinajstić information content (AvgIpc) is 2.98. The molecule has 3 aromatic rings. The molecular weight excluding hydrogens is 378 g/mol. The number of hydrogen-bond acceptors (Lipinski definition) is 2. The predicted octanol–water partition coefficient (Wildman–Crippen LogP) is 6.37. The Bertz CT molecular complexity index is 699. The number of hydrogen-bond donors (Lipinski definition) is 1. The number of pyridine rings is 1. The number of rotatable bonds is 2. The zero-order chi connectivity index (χ0) is 16.7. The van der Waals surface area contributed by atoms with Gasteiger partial charge in [0.05, 0.1) is 5.69 Å². The van der Waals surface area contributed by atoms with Gasteiger partial charge >= 0.3 is 0 Å². The fraction of sp³-hybridized carbons (Fsp3) is 0.0625. The zero-order valence-corrected chi connectivity index (χ0v) is 14.7. The molecule has 0 fully saturated rings. The first kappa shape index (κ1) is 18.0. The predicted molar refractivity (Wildman–Crippen MR) is 95.8 cm³/mol. The van der Waals surface area contributed by atoms with Crippen molar-refractivity contribution in [1.29, 1.82) is 0 Å². The van der Waals surface area contributed by atoms with Gasteiger partial charge in [0.15, 0.2) is 5.88 Å². The lowest BCUT2D eigenvalue weighted by atomic mass is 10.3. The van der Waals surface area contributed by atoms with Gasteiger partial charge in [0.1, 0.15) is 5.75 Å². The lowest BCUT2D eigenvalue weighted by Crippen LogP contribution is -1.99. The summed E-state index contributed by atoms with van der Waals surface area (Å²) in [5.74, 6) is 1.09. The first-order chi connectivity index (χ1) is 10.9. The van der Waals surface area contributed by atoms with E-state index in [1.54, 1.807) is 48.8 Å². The van der Waals surface area contributed by atoms with Gasteiger partial charge in [-0.1, -0.05) is 58.5 Å². The van der Waals surface area contributed by atoms with E-state index in [4.69, 9.17) is 51.1 Å². The number of aromatic amines is 1. The SMILES string of the molecule is Clc1cccc(Oc2ccc(C(Cl)(Cl)Cl)[nH]2)c1.c1ccncc1. The van der Waals surface area contributed by atoms with Gasteiger partial charge in [-0.05, 0) is 36.4 Å². The Hall–Kier alpha value is -1.39. The third-order valence-corrected chi connectivity index (χ3v) is 3.40. The second-order valence-electron chi connectivity index (χ2n) is 4.32. The minimum atomic E-state index is -1.49.